The average molecular weight is 1920 g/mol. The second kappa shape index (κ2) is 38.6. The molecule has 22 rings (SSSR count). The standard InChI is InChI=1S/C16H14N4O2S.C16H21N3O2S.C15H20N4O2S.C15H13N3O3S.C15H17N3O3S.C15H13N3O3S/c21-23(22)7-5-12-14(23)4-3-13-15(12)16(20-10-19-13)18-9-11-2-1-6-17-8-11;1-10(2)8-11(3)19-16-15-12-6-7-22(20,21)14(12)5-4-13(15)17-9-18-16;1-10(8-19(2)3)18-15-14-11-6-7-22(20,21)13(11)5-4-12(14)16-9-17-15;19-22(20)6-4-11-13(22)2-1-12-14(11)15(18-9-17-12)16-7-10-3-5-21-8-10;19-22(20)7-5-11-13(22)4-3-12-14(11)15(17-9-16-12)18-10-2-1-6-21-8-10;19-22(20)7-5-11-13(22)4-3-12-14(11)15(18-9-17-12)16-8-10-2-1-6-21-10/h1-4,6,8,10H,5,7,9H2,(H,18,19,20);4-5,9-11H,6-8H2,1-3H3,(H,17,18,19);4-5,9-10H,6-8H2,1-3H3,(H,16,17,18);1-3,5,8-9H,4,6-7H2,(H,16,17,18);3-4,9-10H,1-2,5-8H2,(H,16,17,18);1-4,6,9H,5,7-8H2,(H,16,17,18). The number of fused-ring (bicyclic) bond motifs is 18. The highest BCUT2D eigenvalue weighted by Crippen LogP contribution is 2.42. The second-order valence-electron chi connectivity index (χ2n) is 34.0. The SMILES string of the molecule is CC(C)CC(C)Nc1ncnc2ccc3c(c12)CCS3(=O)=O.CC(CN(C)C)Nc1ncnc2ccc3c(c12)CCS3(=O)=O.O=S1(=O)CCc2c1ccc1ncnc(NC3CCCOC3)c21.O=S1(=O)CCc2c1ccc1ncnc(NCc3cccnc3)c21.O=S1(=O)CCc2c1ccc1ncnc(NCc3ccco3)c21.O=S1(=O)CCc2c1ccc1ncnc(NCc3ccoc3)c21. The Labute approximate surface area is 769 Å². The number of anilines is 6. The Morgan fingerprint density at radius 3 is 1.09 bits per heavy atom. The van der Waals surface area contributed by atoms with Crippen molar-refractivity contribution in [3.63, 3.8) is 0 Å². The van der Waals surface area contributed by atoms with E-state index in [0.717, 1.165) is 160 Å². The van der Waals surface area contributed by atoms with Gasteiger partial charge in [-0.05, 0) is 228 Å². The van der Waals surface area contributed by atoms with Crippen molar-refractivity contribution in [2.45, 2.75) is 153 Å². The summed E-state index contributed by atoms with van der Waals surface area (Å²) in [6.07, 6.45) is 23.6. The summed E-state index contributed by atoms with van der Waals surface area (Å²) in [6.45, 7) is 12.5. The molecule has 133 heavy (non-hydrogen) atoms. The van der Waals surface area contributed by atoms with Gasteiger partial charge in [-0.2, -0.15) is 0 Å². The zero-order valence-corrected chi connectivity index (χ0v) is 78.6. The predicted octanol–water partition coefficient (Wildman–Crippen LogP) is 12.0. The summed E-state index contributed by atoms with van der Waals surface area (Å²) in [5, 5.41) is 24.9. The first-order valence-corrected chi connectivity index (χ1v) is 53.4. The highest BCUT2D eigenvalue weighted by atomic mass is 32.2. The highest BCUT2D eigenvalue weighted by Gasteiger charge is 2.36. The number of nitrogens with one attached hydrogen (secondary N) is 6. The predicted molar refractivity (Wildman–Crippen MR) is 507 cm³/mol. The van der Waals surface area contributed by atoms with Crippen LogP contribution in [0, 0.1) is 5.92 Å². The quantitative estimate of drug-likeness (QED) is 0.0438. The average Bonchev–Trinajstić information content (AvgIpc) is 1.67. The van der Waals surface area contributed by atoms with Gasteiger partial charge >= 0.3 is 0 Å². The fourth-order valence-corrected chi connectivity index (χ4v) is 27.3. The van der Waals surface area contributed by atoms with Gasteiger partial charge in [-0.25, -0.2) is 110 Å². The normalized spacial score (nSPS) is 17.6. The van der Waals surface area contributed by atoms with E-state index < -0.39 is 59.0 Å². The van der Waals surface area contributed by atoms with Crippen molar-refractivity contribution in [1.29, 1.82) is 0 Å². The molecule has 0 bridgehead atoms. The van der Waals surface area contributed by atoms with Crippen molar-refractivity contribution in [2.75, 3.05) is 100 Å². The number of pyridine rings is 1. The van der Waals surface area contributed by atoms with Crippen molar-refractivity contribution in [2.24, 2.45) is 5.92 Å². The highest BCUT2D eigenvalue weighted by molar-refractivity contribution is 7.93. The van der Waals surface area contributed by atoms with Gasteiger partial charge < -0.3 is 50.4 Å². The van der Waals surface area contributed by atoms with Gasteiger partial charge in [-0.1, -0.05) is 19.9 Å². The summed E-state index contributed by atoms with van der Waals surface area (Å²) in [7, 11) is -14.9. The Morgan fingerprint density at radius 2 is 0.752 bits per heavy atom. The van der Waals surface area contributed by atoms with Crippen molar-refractivity contribution in [3.8, 4) is 0 Å². The molecule has 9 aromatic heterocycles. The van der Waals surface area contributed by atoms with Crippen molar-refractivity contribution in [3.05, 3.63) is 223 Å². The molecular weight excluding hydrogens is 1820 g/mol. The van der Waals surface area contributed by atoms with E-state index in [2.05, 4.69) is 129 Å². The molecule has 3 unspecified atom stereocenters. The minimum Gasteiger partial charge on any atom is -0.472 e. The second-order valence-corrected chi connectivity index (χ2v) is 46.5. The molecule has 35 nitrogen and oxygen atoms in total. The number of hydrogen-bond donors (Lipinski definition) is 6. The molecular formula is C92H98N20O15S6. The molecule has 0 spiro atoms. The minimum absolute atomic E-state index is 0.147. The molecule has 0 radical (unpaired) electrons. The van der Waals surface area contributed by atoms with Gasteiger partial charge in [0, 0.05) is 88.6 Å². The number of rotatable bonds is 19. The molecule has 1 fully saturated rings. The van der Waals surface area contributed by atoms with Crippen molar-refractivity contribution >= 4 is 159 Å². The van der Waals surface area contributed by atoms with E-state index in [0.29, 0.717) is 123 Å². The fourth-order valence-electron chi connectivity index (χ4n) is 18.0. The van der Waals surface area contributed by atoms with Gasteiger partial charge in [0.15, 0.2) is 59.0 Å². The monoisotopic (exact) mass is 1910 g/mol. The lowest BCUT2D eigenvalue weighted by molar-refractivity contribution is 0.0875. The van der Waals surface area contributed by atoms with Gasteiger partial charge in [0.2, 0.25) is 0 Å². The summed E-state index contributed by atoms with van der Waals surface area (Å²) in [5.74, 6) is 6.46. The van der Waals surface area contributed by atoms with E-state index >= 15 is 0 Å². The van der Waals surface area contributed by atoms with Gasteiger partial charge in [0.25, 0.3) is 0 Å². The first-order chi connectivity index (χ1) is 63.9. The zero-order chi connectivity index (χ0) is 93.1. The Hall–Kier alpha value is -12.5. The van der Waals surface area contributed by atoms with Crippen LogP contribution in [-0.2, 0) is 122 Å². The van der Waals surface area contributed by atoms with Crippen LogP contribution < -0.4 is 31.9 Å². The molecule has 0 saturated carbocycles. The van der Waals surface area contributed by atoms with Crippen LogP contribution in [0.5, 0.6) is 0 Å². The maximum Gasteiger partial charge on any atom is 0.179 e. The summed E-state index contributed by atoms with van der Waals surface area (Å²) in [4.78, 5) is 60.2. The summed E-state index contributed by atoms with van der Waals surface area (Å²) in [5.41, 5.74) is 11.6. The van der Waals surface area contributed by atoms with Crippen molar-refractivity contribution < 1.29 is 64.1 Å². The molecule has 6 aromatic carbocycles. The number of aromatic nitrogens is 13. The first-order valence-electron chi connectivity index (χ1n) is 43.5. The maximum atomic E-state index is 12.1. The molecule has 41 heteroatoms. The lowest BCUT2D eigenvalue weighted by atomic mass is 10.0. The van der Waals surface area contributed by atoms with Crippen LogP contribution in [0.3, 0.4) is 0 Å². The Kier molecular flexibility index (Phi) is 26.8. The molecule has 1 saturated heterocycles. The lowest BCUT2D eigenvalue weighted by Gasteiger charge is -2.24. The topological polar surface area (TPSA) is 483 Å². The third kappa shape index (κ3) is 20.1. The number of sulfone groups is 6. The largest absolute Gasteiger partial charge is 0.472 e. The molecule has 692 valence electrons. The van der Waals surface area contributed by atoms with E-state index in [9.17, 15) is 50.5 Å². The van der Waals surface area contributed by atoms with Gasteiger partial charge in [0.1, 0.15) is 78.6 Å². The van der Waals surface area contributed by atoms with Gasteiger partial charge in [-0.3, -0.25) is 4.98 Å². The smallest absolute Gasteiger partial charge is 0.179 e. The van der Waals surface area contributed by atoms with Gasteiger partial charge in [0.05, 0.1) is 135 Å². The van der Waals surface area contributed by atoms with Gasteiger partial charge in [-0.15, -0.1) is 0 Å². The van der Waals surface area contributed by atoms with Crippen LogP contribution in [-0.4, -0.2) is 207 Å². The van der Waals surface area contributed by atoms with Crippen LogP contribution in [0.25, 0.3) is 65.4 Å². The third-order valence-corrected chi connectivity index (χ3v) is 34.7. The number of hydrogen-bond acceptors (Lipinski definition) is 35. The van der Waals surface area contributed by atoms with E-state index in [-0.39, 0.29) is 52.6 Å². The molecule has 0 aliphatic carbocycles. The Morgan fingerprint density at radius 1 is 0.391 bits per heavy atom. The third-order valence-electron chi connectivity index (χ3n) is 23.9. The summed E-state index contributed by atoms with van der Waals surface area (Å²) >= 11 is 0. The number of nitrogens with zero attached hydrogens (tertiary/aromatic N) is 14. The minimum atomic E-state index is -3.17. The van der Waals surface area contributed by atoms with Crippen LogP contribution >= 0.6 is 0 Å². The van der Waals surface area contributed by atoms with Crippen LogP contribution in [0.2, 0.25) is 0 Å². The number of benzene rings is 6. The van der Waals surface area contributed by atoms with Crippen LogP contribution in [0.15, 0.2) is 210 Å². The molecule has 0 amide bonds. The van der Waals surface area contributed by atoms with E-state index in [1.54, 1.807) is 104 Å². The lowest BCUT2D eigenvalue weighted by Crippen LogP contribution is -2.30. The maximum absolute atomic E-state index is 12.1. The van der Waals surface area contributed by atoms with E-state index in [1.807, 2.05) is 44.4 Å². The zero-order valence-electron chi connectivity index (χ0n) is 73.7. The van der Waals surface area contributed by atoms with Crippen LogP contribution in [0.1, 0.15) is 97.2 Å². The molecule has 16 heterocycles. The first kappa shape index (κ1) is 92.3. The molecule has 7 aliphatic rings. The van der Waals surface area contributed by atoms with Crippen LogP contribution in [0.4, 0.5) is 34.9 Å². The fraction of sp³-hybridized carbons (Fsp3) is 0.337. The number of ether oxygens (including phenoxy) is 1. The number of likely N-dealkylation sites (N-methyl/N-ethyl adjacent to an activating group) is 1. The molecule has 3 atom stereocenters. The Balaban J connectivity index is 0.000000111. The van der Waals surface area contributed by atoms with E-state index in [1.165, 1.54) is 38.0 Å². The number of furan rings is 2. The molecule has 6 N–H and O–H groups in total. The molecule has 15 aromatic rings. The molecule has 7 aliphatic heterocycles. The number of aryl methyl sites for hydroxylation is 6. The summed E-state index contributed by atoms with van der Waals surface area (Å²) < 4.78 is 161. The van der Waals surface area contributed by atoms with Crippen molar-refractivity contribution in [1.82, 2.24) is 69.7 Å². The Bertz CT molecular complexity index is 7380. The van der Waals surface area contributed by atoms with E-state index in [4.69, 9.17) is 13.6 Å². The summed E-state index contributed by atoms with van der Waals surface area (Å²) in [6, 6.07) is 30.5.